The zero-order chi connectivity index (χ0) is 29.1. The van der Waals surface area contributed by atoms with Gasteiger partial charge in [-0.3, -0.25) is 14.3 Å². The number of hydrogen-bond donors (Lipinski definition) is 2. The molecule has 5 rings (SSSR count). The highest BCUT2D eigenvalue weighted by Crippen LogP contribution is 2.39. The van der Waals surface area contributed by atoms with Crippen LogP contribution in [0, 0.1) is 6.92 Å². The number of benzene rings is 4. The van der Waals surface area contributed by atoms with Crippen molar-refractivity contribution < 1.29 is 18.0 Å². The highest BCUT2D eigenvalue weighted by Gasteiger charge is 2.32. The molecule has 1 aliphatic rings. The Labute approximate surface area is 252 Å². The van der Waals surface area contributed by atoms with Crippen LogP contribution in [-0.2, 0) is 21.4 Å². The van der Waals surface area contributed by atoms with Crippen LogP contribution >= 0.6 is 35.0 Å². The van der Waals surface area contributed by atoms with E-state index in [1.54, 1.807) is 54.2 Å². The van der Waals surface area contributed by atoms with Gasteiger partial charge in [0, 0.05) is 27.8 Å². The van der Waals surface area contributed by atoms with E-state index >= 15 is 0 Å². The molecule has 1 atom stereocenters. The quantitative estimate of drug-likeness (QED) is 0.217. The maximum atomic E-state index is 12.9. The molecule has 0 radical (unpaired) electrons. The Kier molecular flexibility index (Phi) is 8.60. The number of anilines is 2. The average Bonchev–Trinajstić information content (AvgIpc) is 3.31. The van der Waals surface area contributed by atoms with Crippen molar-refractivity contribution in [2.24, 2.45) is 0 Å². The van der Waals surface area contributed by atoms with Crippen LogP contribution in [0.5, 0.6) is 0 Å². The molecule has 0 spiro atoms. The minimum absolute atomic E-state index is 0.0447. The number of carbonyl (C=O) groups excluding carboxylic acids is 2. The smallest absolute Gasteiger partial charge is 0.261 e. The van der Waals surface area contributed by atoms with Crippen molar-refractivity contribution in [1.29, 1.82) is 0 Å². The largest absolute Gasteiger partial charge is 0.322 e. The van der Waals surface area contributed by atoms with Crippen molar-refractivity contribution in [1.82, 2.24) is 4.90 Å². The van der Waals surface area contributed by atoms with Crippen molar-refractivity contribution in [2.45, 2.75) is 23.7 Å². The van der Waals surface area contributed by atoms with E-state index < -0.39 is 10.0 Å². The highest BCUT2D eigenvalue weighted by atomic mass is 35.5. The molecule has 2 amide bonds. The van der Waals surface area contributed by atoms with Crippen molar-refractivity contribution in [3.8, 4) is 0 Å². The summed E-state index contributed by atoms with van der Waals surface area (Å²) in [7, 11) is -3.84. The number of amides is 2. The fourth-order valence-electron chi connectivity index (χ4n) is 4.28. The van der Waals surface area contributed by atoms with E-state index in [2.05, 4.69) is 10.0 Å². The third kappa shape index (κ3) is 6.87. The fraction of sp³-hybridized carbons (Fsp3) is 0.133. The van der Waals surface area contributed by atoms with Crippen LogP contribution in [0.2, 0.25) is 10.0 Å². The summed E-state index contributed by atoms with van der Waals surface area (Å²) in [6, 6.07) is 25.3. The topological polar surface area (TPSA) is 95.6 Å². The number of aryl methyl sites for hydroxylation is 1. The van der Waals surface area contributed by atoms with Gasteiger partial charge in [0.2, 0.25) is 5.91 Å². The second kappa shape index (κ2) is 12.2. The van der Waals surface area contributed by atoms with Crippen molar-refractivity contribution in [3.05, 3.63) is 123 Å². The van der Waals surface area contributed by atoms with E-state index in [1.807, 2.05) is 36.1 Å². The predicted molar refractivity (Wildman–Crippen MR) is 165 cm³/mol. The SMILES string of the molecule is Cc1ccc(NS(=O)(=O)c2ccc(NC(=O)c3ccc([C@H]4SCC(=O)N4Cc4ccc(Cl)cc4)cc3)cc2)cc1Cl. The van der Waals surface area contributed by atoms with Gasteiger partial charge >= 0.3 is 0 Å². The van der Waals surface area contributed by atoms with Crippen molar-refractivity contribution in [3.63, 3.8) is 0 Å². The summed E-state index contributed by atoms with van der Waals surface area (Å²) in [4.78, 5) is 27.3. The van der Waals surface area contributed by atoms with E-state index in [0.717, 1.165) is 16.7 Å². The summed E-state index contributed by atoms with van der Waals surface area (Å²) >= 11 is 13.6. The molecular formula is C30H25Cl2N3O4S2. The minimum atomic E-state index is -3.84. The number of nitrogens with one attached hydrogen (secondary N) is 2. The molecule has 2 N–H and O–H groups in total. The number of rotatable bonds is 8. The minimum Gasteiger partial charge on any atom is -0.322 e. The normalized spacial score (nSPS) is 15.1. The van der Waals surface area contributed by atoms with E-state index in [-0.39, 0.29) is 22.1 Å². The second-order valence-electron chi connectivity index (χ2n) is 9.48. The molecule has 210 valence electrons. The molecule has 0 unspecified atom stereocenters. The van der Waals surface area contributed by atoms with Crippen LogP contribution in [0.3, 0.4) is 0 Å². The second-order valence-corrected chi connectivity index (χ2v) is 13.1. The highest BCUT2D eigenvalue weighted by molar-refractivity contribution is 8.00. The van der Waals surface area contributed by atoms with Gasteiger partial charge in [0.25, 0.3) is 15.9 Å². The van der Waals surface area contributed by atoms with E-state index in [0.29, 0.717) is 39.3 Å². The van der Waals surface area contributed by atoms with Crippen LogP contribution in [0.25, 0.3) is 0 Å². The van der Waals surface area contributed by atoms with Crippen LogP contribution in [0.4, 0.5) is 11.4 Å². The molecule has 4 aromatic carbocycles. The molecule has 41 heavy (non-hydrogen) atoms. The molecule has 0 aliphatic carbocycles. The molecule has 0 saturated carbocycles. The van der Waals surface area contributed by atoms with Gasteiger partial charge in [-0.1, -0.05) is 53.5 Å². The fourth-order valence-corrected chi connectivity index (χ4v) is 6.82. The first-order valence-electron chi connectivity index (χ1n) is 12.5. The molecular weight excluding hydrogens is 601 g/mol. The van der Waals surface area contributed by atoms with Gasteiger partial charge in [0.15, 0.2) is 0 Å². The number of sulfonamides is 1. The Morgan fingerprint density at radius 3 is 2.24 bits per heavy atom. The van der Waals surface area contributed by atoms with Gasteiger partial charge < -0.3 is 10.2 Å². The lowest BCUT2D eigenvalue weighted by Gasteiger charge is -2.24. The standard InChI is InChI=1S/C30H25Cl2N3O4S2/c1-19-2-11-25(16-27(19)32)34-41(38,39)26-14-12-24(13-15-26)33-29(37)21-5-7-22(8-6-21)30-35(28(36)18-40-30)17-20-3-9-23(31)10-4-20/h2-16,30,34H,17-18H2,1H3,(H,33,37)/t30-/m1/s1. The average molecular weight is 627 g/mol. The molecule has 4 aromatic rings. The van der Waals surface area contributed by atoms with E-state index in [1.165, 1.54) is 24.3 Å². The maximum absolute atomic E-state index is 12.9. The molecule has 11 heteroatoms. The van der Waals surface area contributed by atoms with Gasteiger partial charge in [-0.25, -0.2) is 8.42 Å². The molecule has 0 aromatic heterocycles. The number of nitrogens with zero attached hydrogens (tertiary/aromatic N) is 1. The van der Waals surface area contributed by atoms with Gasteiger partial charge in [0.05, 0.1) is 16.3 Å². The van der Waals surface area contributed by atoms with Gasteiger partial charge in [0.1, 0.15) is 5.37 Å². The van der Waals surface area contributed by atoms with Crippen LogP contribution < -0.4 is 10.0 Å². The third-order valence-electron chi connectivity index (χ3n) is 6.54. The molecule has 1 heterocycles. The Balaban J connectivity index is 1.22. The van der Waals surface area contributed by atoms with Gasteiger partial charge in [-0.2, -0.15) is 0 Å². The summed E-state index contributed by atoms with van der Waals surface area (Å²) in [5.74, 6) is 0.105. The van der Waals surface area contributed by atoms with E-state index in [9.17, 15) is 18.0 Å². The van der Waals surface area contributed by atoms with Crippen LogP contribution in [-0.4, -0.2) is 30.9 Å². The maximum Gasteiger partial charge on any atom is 0.261 e. The van der Waals surface area contributed by atoms with Gasteiger partial charge in [-0.05, 0) is 84.3 Å². The summed E-state index contributed by atoms with van der Waals surface area (Å²) in [5, 5.41) is 3.73. The monoisotopic (exact) mass is 625 g/mol. The summed E-state index contributed by atoms with van der Waals surface area (Å²) in [5.41, 5.74) is 3.98. The third-order valence-corrected chi connectivity index (χ3v) is 9.85. The lowest BCUT2D eigenvalue weighted by atomic mass is 10.1. The van der Waals surface area contributed by atoms with Crippen LogP contribution in [0.1, 0.15) is 32.4 Å². The summed E-state index contributed by atoms with van der Waals surface area (Å²) in [6.07, 6.45) is 0. The van der Waals surface area contributed by atoms with Gasteiger partial charge in [-0.15, -0.1) is 11.8 Å². The first-order chi connectivity index (χ1) is 19.6. The number of hydrogen-bond acceptors (Lipinski definition) is 5. The zero-order valence-corrected chi connectivity index (χ0v) is 24.9. The molecule has 1 saturated heterocycles. The Morgan fingerprint density at radius 1 is 0.927 bits per heavy atom. The molecule has 0 bridgehead atoms. The zero-order valence-electron chi connectivity index (χ0n) is 21.8. The number of thioether (sulfide) groups is 1. The first kappa shape index (κ1) is 29.0. The van der Waals surface area contributed by atoms with E-state index in [4.69, 9.17) is 23.2 Å². The predicted octanol–water partition coefficient (Wildman–Crippen LogP) is 7.13. The molecule has 1 aliphatic heterocycles. The Hall–Kier alpha value is -3.50. The molecule has 7 nitrogen and oxygen atoms in total. The van der Waals surface area contributed by atoms with Crippen molar-refractivity contribution >= 4 is 68.2 Å². The Morgan fingerprint density at radius 2 is 1.59 bits per heavy atom. The number of carbonyl (C=O) groups is 2. The summed E-state index contributed by atoms with van der Waals surface area (Å²) < 4.78 is 28.1. The van der Waals surface area contributed by atoms with Crippen molar-refractivity contribution in [2.75, 3.05) is 15.8 Å². The lowest BCUT2D eigenvalue weighted by molar-refractivity contribution is -0.128. The number of halogens is 2. The lowest BCUT2D eigenvalue weighted by Crippen LogP contribution is -2.27. The Bertz CT molecular complexity index is 1700. The summed E-state index contributed by atoms with van der Waals surface area (Å²) in [6.45, 7) is 2.30. The first-order valence-corrected chi connectivity index (χ1v) is 15.8. The van der Waals surface area contributed by atoms with Crippen LogP contribution in [0.15, 0.2) is 95.9 Å². The molecule has 1 fully saturated rings.